The van der Waals surface area contributed by atoms with Crippen molar-refractivity contribution in [1.29, 1.82) is 0 Å². The van der Waals surface area contributed by atoms with Crippen LogP contribution >= 0.6 is 11.8 Å². The summed E-state index contributed by atoms with van der Waals surface area (Å²) in [6.45, 7) is 2.53. The van der Waals surface area contributed by atoms with Crippen LogP contribution in [0.4, 0.5) is 0 Å². The maximum absolute atomic E-state index is 14.3. The number of nitrogens with two attached hydrogens (primary N) is 5. The van der Waals surface area contributed by atoms with E-state index in [2.05, 4.69) is 47.5 Å². The van der Waals surface area contributed by atoms with Crippen molar-refractivity contribution in [3.63, 3.8) is 0 Å². The number of nitrogens with one attached hydrogen (secondary N) is 8. The van der Waals surface area contributed by atoms with Crippen molar-refractivity contribution < 1.29 is 82.8 Å². The number of benzene rings is 2. The summed E-state index contributed by atoms with van der Waals surface area (Å²) in [5.41, 5.74) is 28.2. The zero-order valence-electron chi connectivity index (χ0n) is 49.7. The molecule has 3 rings (SSSR count). The van der Waals surface area contributed by atoms with Gasteiger partial charge >= 0.3 is 11.9 Å². The van der Waals surface area contributed by atoms with E-state index in [1.165, 1.54) is 65.2 Å². The average molecular weight is 1270 g/mol. The van der Waals surface area contributed by atoms with Gasteiger partial charge in [-0.25, -0.2) is 4.79 Å². The zero-order chi connectivity index (χ0) is 66.5. The van der Waals surface area contributed by atoms with Gasteiger partial charge in [0.1, 0.15) is 59.8 Å². The lowest BCUT2D eigenvalue weighted by Crippen LogP contribution is -2.60. The second-order valence-corrected chi connectivity index (χ2v) is 22.2. The van der Waals surface area contributed by atoms with Gasteiger partial charge in [-0.05, 0) is 98.3 Å². The van der Waals surface area contributed by atoms with E-state index >= 15 is 0 Å². The van der Waals surface area contributed by atoms with Crippen molar-refractivity contribution >= 4 is 94.6 Å². The number of carboxylic acids is 2. The number of amides is 11. The predicted octanol–water partition coefficient (Wildman–Crippen LogP) is -4.35. The topological polar surface area (TPSA) is 545 Å². The van der Waals surface area contributed by atoms with Crippen LogP contribution in [0.5, 0.6) is 11.5 Å². The fourth-order valence-electron chi connectivity index (χ4n) is 9.12. The molecule has 0 unspecified atom stereocenters. The highest BCUT2D eigenvalue weighted by molar-refractivity contribution is 7.98. The third-order valence-electron chi connectivity index (χ3n) is 14.2. The minimum absolute atomic E-state index is 0.0128. The van der Waals surface area contributed by atoms with Gasteiger partial charge in [-0.1, -0.05) is 44.5 Å². The van der Waals surface area contributed by atoms with Gasteiger partial charge in [-0.15, -0.1) is 0 Å². The standard InChI is InChI=1S/C56H83N15O17S/c1-4-29(2)46(53(85)67-37(55(87)88)21-24-89-3)70-49(81)35(18-20-43(59)75)65-51(83)40(27-45(77)78)68-50(82)39(26-31-11-15-33(73)16-12-31)64-44(76)28-63-48(80)38(25-30-9-13-32(72)14-10-30)69-52(84)41-8-6-23-71(41)54(86)36(7-5-22-62-56(60)61)66-47(79)34(57)17-19-42(58)74/h9-16,29,34-41,46,72-73H,4-8,17-28,57H2,1-3H3,(H2,58,74)(H2,59,75)(H,63,80)(H,64,76)(H,65,83)(H,66,79)(H,67,85)(H,68,82)(H,69,84)(H,70,81)(H,77,78)(H,87,88)(H4,60,61,62)/t29-,34-,35-,36-,37-,38-,39-,40-,41-,46-/m0/s1. The van der Waals surface area contributed by atoms with Gasteiger partial charge in [-0.2, -0.15) is 11.8 Å². The van der Waals surface area contributed by atoms with E-state index in [9.17, 15) is 82.8 Å². The predicted molar refractivity (Wildman–Crippen MR) is 322 cm³/mol. The van der Waals surface area contributed by atoms with Gasteiger partial charge in [-0.3, -0.25) is 62.5 Å². The Kier molecular flexibility index (Phi) is 31.1. The van der Waals surface area contributed by atoms with Gasteiger partial charge in [0.15, 0.2) is 5.96 Å². The largest absolute Gasteiger partial charge is 0.508 e. The number of hydrogen-bond acceptors (Lipinski definition) is 18. The normalized spacial score (nSPS) is 15.7. The Labute approximate surface area is 517 Å². The summed E-state index contributed by atoms with van der Waals surface area (Å²) >= 11 is 1.34. The minimum Gasteiger partial charge on any atom is -0.508 e. The molecule has 2 aromatic carbocycles. The molecule has 1 aliphatic rings. The molecular formula is C56H83N15O17S. The van der Waals surface area contributed by atoms with Gasteiger partial charge in [0.25, 0.3) is 0 Å². The molecule has 0 spiro atoms. The minimum atomic E-state index is -2.00. The van der Waals surface area contributed by atoms with Gasteiger partial charge in [0, 0.05) is 38.8 Å². The van der Waals surface area contributed by atoms with Gasteiger partial charge in [0.2, 0.25) is 65.0 Å². The summed E-state index contributed by atoms with van der Waals surface area (Å²) in [4.78, 5) is 178. The monoisotopic (exact) mass is 1270 g/mol. The Hall–Kier alpha value is -9.27. The van der Waals surface area contributed by atoms with E-state index in [1.807, 2.05) is 0 Å². The van der Waals surface area contributed by atoms with Gasteiger partial charge < -0.3 is 96.5 Å². The highest BCUT2D eigenvalue weighted by Gasteiger charge is 2.40. The fourth-order valence-corrected chi connectivity index (χ4v) is 9.60. The van der Waals surface area contributed by atoms with Crippen LogP contribution in [0.25, 0.3) is 0 Å². The number of nitrogens with zero attached hydrogens (tertiary/aromatic N) is 2. The molecule has 490 valence electrons. The van der Waals surface area contributed by atoms with Crippen molar-refractivity contribution in [1.82, 2.24) is 47.4 Å². The van der Waals surface area contributed by atoms with E-state index < -0.39 is 163 Å². The summed E-state index contributed by atoms with van der Waals surface area (Å²) in [6.07, 6.45) is -0.391. The summed E-state index contributed by atoms with van der Waals surface area (Å²) in [5, 5.41) is 59.2. The Morgan fingerprint density at radius 1 is 0.629 bits per heavy atom. The first kappa shape index (κ1) is 74.0. The molecule has 0 bridgehead atoms. The molecule has 0 radical (unpaired) electrons. The number of aliphatic imine (C=N–C) groups is 1. The highest BCUT2D eigenvalue weighted by Crippen LogP contribution is 2.22. The third kappa shape index (κ3) is 26.3. The maximum atomic E-state index is 14.3. The number of phenols is 2. The molecule has 2 aromatic rings. The number of rotatable bonds is 39. The molecule has 1 aliphatic heterocycles. The molecule has 1 heterocycles. The average Bonchev–Trinajstić information content (AvgIpc) is 4.22. The summed E-state index contributed by atoms with van der Waals surface area (Å²) in [6, 6.07) is -2.36. The van der Waals surface area contributed by atoms with Crippen molar-refractivity contribution in [2.45, 2.75) is 152 Å². The van der Waals surface area contributed by atoms with E-state index in [1.54, 1.807) is 20.1 Å². The molecule has 1 fully saturated rings. The Balaban J connectivity index is 1.90. The number of thioether (sulfide) groups is 1. The number of likely N-dealkylation sites (tertiary alicyclic amines) is 1. The number of aliphatic carboxylic acids is 2. The fraction of sp³-hybridized carbons (Fsp3) is 0.536. The number of aromatic hydroxyl groups is 2. The van der Waals surface area contributed by atoms with E-state index in [4.69, 9.17) is 28.7 Å². The highest BCUT2D eigenvalue weighted by atomic mass is 32.2. The smallest absolute Gasteiger partial charge is 0.326 e. The van der Waals surface area contributed by atoms with E-state index in [0.717, 1.165) is 0 Å². The summed E-state index contributed by atoms with van der Waals surface area (Å²) in [7, 11) is 0. The second kappa shape index (κ2) is 37.4. The second-order valence-electron chi connectivity index (χ2n) is 21.2. The SMILES string of the molecule is CC[C@H](C)[C@H](NC(=O)[C@H](CCC(N)=O)NC(=O)[C@H](CC(=O)O)NC(=O)[C@H](Cc1ccc(O)cc1)NC(=O)CNC(=O)[C@H](Cc1ccc(O)cc1)NC(=O)[C@@H]1CCCN1C(=O)[C@H](CCCN=C(N)N)NC(=O)[C@@H](N)CCC(N)=O)C(=O)N[C@@H](CCSC)C(=O)O. The van der Waals surface area contributed by atoms with Gasteiger partial charge in [0.05, 0.1) is 19.0 Å². The first-order valence-electron chi connectivity index (χ1n) is 28.6. The number of carboxylic acid groups (broad SMARTS) is 2. The lowest BCUT2D eigenvalue weighted by molar-refractivity contribution is -0.142. The lowest BCUT2D eigenvalue weighted by atomic mass is 9.97. The quantitative estimate of drug-likeness (QED) is 0.0171. The Bertz CT molecular complexity index is 2840. The van der Waals surface area contributed by atoms with Crippen LogP contribution < -0.4 is 71.2 Å². The molecule has 11 amide bonds. The number of carbonyl (C=O) groups is 13. The third-order valence-corrected chi connectivity index (χ3v) is 14.9. The molecule has 89 heavy (non-hydrogen) atoms. The molecule has 32 nitrogen and oxygen atoms in total. The lowest BCUT2D eigenvalue weighted by Gasteiger charge is -2.30. The zero-order valence-corrected chi connectivity index (χ0v) is 50.5. The van der Waals surface area contributed by atoms with Crippen LogP contribution in [0.1, 0.15) is 95.6 Å². The number of phenolic OH excluding ortho intramolecular Hbond substituents is 2. The molecule has 0 aliphatic carbocycles. The van der Waals surface area contributed by atoms with Crippen LogP contribution in [0.3, 0.4) is 0 Å². The van der Waals surface area contributed by atoms with Crippen molar-refractivity contribution in [3.05, 3.63) is 59.7 Å². The summed E-state index contributed by atoms with van der Waals surface area (Å²) < 4.78 is 0. The maximum Gasteiger partial charge on any atom is 0.326 e. The van der Waals surface area contributed by atoms with Crippen LogP contribution in [0.15, 0.2) is 53.5 Å². The van der Waals surface area contributed by atoms with Crippen LogP contribution in [-0.4, -0.2) is 194 Å². The molecule has 10 atom stereocenters. The first-order valence-corrected chi connectivity index (χ1v) is 30.0. The van der Waals surface area contributed by atoms with Crippen molar-refractivity contribution in [2.75, 3.05) is 31.6 Å². The van der Waals surface area contributed by atoms with Crippen LogP contribution in [0, 0.1) is 5.92 Å². The molecule has 0 aromatic heterocycles. The first-order chi connectivity index (χ1) is 42.0. The Morgan fingerprint density at radius 3 is 1.70 bits per heavy atom. The number of hydrogen-bond donors (Lipinski definition) is 17. The Morgan fingerprint density at radius 2 is 1.16 bits per heavy atom. The van der Waals surface area contributed by atoms with Crippen molar-refractivity contribution in [3.8, 4) is 11.5 Å². The number of guanidine groups is 1. The molecular weight excluding hydrogens is 1190 g/mol. The molecule has 33 heteroatoms. The van der Waals surface area contributed by atoms with Crippen molar-refractivity contribution in [2.24, 2.45) is 39.6 Å². The van der Waals surface area contributed by atoms with Crippen LogP contribution in [0.2, 0.25) is 0 Å². The molecule has 1 saturated heterocycles. The van der Waals surface area contributed by atoms with E-state index in [-0.39, 0.29) is 81.9 Å². The molecule has 22 N–H and O–H groups in total. The van der Waals surface area contributed by atoms with Crippen LogP contribution in [-0.2, 0) is 75.2 Å². The molecule has 0 saturated carbocycles. The van der Waals surface area contributed by atoms with E-state index in [0.29, 0.717) is 29.7 Å². The number of carbonyl (C=O) groups excluding carboxylic acids is 11. The summed E-state index contributed by atoms with van der Waals surface area (Å²) in [5.74, 6) is -14.0. The number of primary amides is 2.